The Morgan fingerprint density at radius 3 is 2.62 bits per heavy atom. The summed E-state index contributed by atoms with van der Waals surface area (Å²) in [5, 5.41) is 3.52. The van der Waals surface area contributed by atoms with E-state index in [2.05, 4.69) is 27.2 Å². The molecule has 0 radical (unpaired) electrons. The number of nitrogens with zero attached hydrogens (tertiary/aromatic N) is 3. The van der Waals surface area contributed by atoms with E-state index in [1.54, 1.807) is 0 Å². The van der Waals surface area contributed by atoms with Crippen LogP contribution < -0.4 is 5.32 Å². The van der Waals surface area contributed by atoms with Crippen LogP contribution in [0.1, 0.15) is 19.3 Å². The summed E-state index contributed by atoms with van der Waals surface area (Å²) in [6.45, 7) is 5.89. The number of guanidine groups is 1. The minimum absolute atomic E-state index is 0.796. The van der Waals surface area contributed by atoms with E-state index >= 15 is 0 Å². The predicted octanol–water partition coefficient (Wildman–Crippen LogP) is 0.609. The number of likely N-dealkylation sites (tertiary alicyclic amines) is 2. The van der Waals surface area contributed by atoms with Crippen molar-refractivity contribution in [2.24, 2.45) is 10.9 Å². The number of rotatable bonds is 2. The Morgan fingerprint density at radius 2 is 2.06 bits per heavy atom. The monoisotopic (exact) mass is 224 g/mol. The third-order valence-electron chi connectivity index (χ3n) is 3.66. The average Bonchev–Trinajstić information content (AvgIpc) is 2.91. The SMILES string of the molecule is CN=C(NCC1CCN(C)C1)N1CCCC1. The highest BCUT2D eigenvalue weighted by Gasteiger charge is 2.21. The van der Waals surface area contributed by atoms with Gasteiger partial charge >= 0.3 is 0 Å². The fourth-order valence-corrected chi connectivity index (χ4v) is 2.69. The Balaban J connectivity index is 1.75. The number of aliphatic imine (C=N–C) groups is 1. The van der Waals surface area contributed by atoms with Crippen molar-refractivity contribution in [3.63, 3.8) is 0 Å². The lowest BCUT2D eigenvalue weighted by atomic mass is 10.1. The smallest absolute Gasteiger partial charge is 0.193 e. The zero-order chi connectivity index (χ0) is 11.4. The molecule has 0 spiro atoms. The summed E-state index contributed by atoms with van der Waals surface area (Å²) >= 11 is 0. The van der Waals surface area contributed by atoms with Crippen LogP contribution in [0.4, 0.5) is 0 Å². The minimum atomic E-state index is 0.796. The van der Waals surface area contributed by atoms with Gasteiger partial charge in [-0.2, -0.15) is 0 Å². The molecule has 2 rings (SSSR count). The maximum absolute atomic E-state index is 4.37. The normalized spacial score (nSPS) is 27.8. The van der Waals surface area contributed by atoms with Crippen molar-refractivity contribution in [2.45, 2.75) is 19.3 Å². The van der Waals surface area contributed by atoms with Gasteiger partial charge < -0.3 is 15.1 Å². The minimum Gasteiger partial charge on any atom is -0.356 e. The molecule has 4 nitrogen and oxygen atoms in total. The first kappa shape index (κ1) is 11.7. The van der Waals surface area contributed by atoms with E-state index in [4.69, 9.17) is 0 Å². The van der Waals surface area contributed by atoms with Gasteiger partial charge in [0.25, 0.3) is 0 Å². The van der Waals surface area contributed by atoms with Gasteiger partial charge in [0.1, 0.15) is 0 Å². The molecule has 0 aromatic rings. The van der Waals surface area contributed by atoms with Crippen molar-refractivity contribution in [2.75, 3.05) is 46.8 Å². The maximum Gasteiger partial charge on any atom is 0.193 e. The summed E-state index contributed by atoms with van der Waals surface area (Å²) in [7, 11) is 4.09. The molecule has 2 aliphatic heterocycles. The highest BCUT2D eigenvalue weighted by molar-refractivity contribution is 5.80. The van der Waals surface area contributed by atoms with E-state index in [1.807, 2.05) is 7.05 Å². The van der Waals surface area contributed by atoms with Crippen LogP contribution in [0.5, 0.6) is 0 Å². The van der Waals surface area contributed by atoms with Gasteiger partial charge in [0, 0.05) is 33.2 Å². The van der Waals surface area contributed by atoms with Crippen LogP contribution >= 0.6 is 0 Å². The first-order valence-electron chi connectivity index (χ1n) is 6.43. The van der Waals surface area contributed by atoms with Gasteiger partial charge in [-0.25, -0.2) is 0 Å². The van der Waals surface area contributed by atoms with Crippen molar-refractivity contribution in [3.8, 4) is 0 Å². The van der Waals surface area contributed by atoms with Gasteiger partial charge in [0.15, 0.2) is 5.96 Å². The maximum atomic E-state index is 4.37. The third-order valence-corrected chi connectivity index (χ3v) is 3.66. The Morgan fingerprint density at radius 1 is 1.31 bits per heavy atom. The van der Waals surface area contributed by atoms with Gasteiger partial charge in [-0.3, -0.25) is 4.99 Å². The largest absolute Gasteiger partial charge is 0.356 e. The van der Waals surface area contributed by atoms with Crippen molar-refractivity contribution in [1.29, 1.82) is 0 Å². The Labute approximate surface area is 98.7 Å². The molecule has 4 heteroatoms. The van der Waals surface area contributed by atoms with Crippen molar-refractivity contribution < 1.29 is 0 Å². The fourth-order valence-electron chi connectivity index (χ4n) is 2.69. The summed E-state index contributed by atoms with van der Waals surface area (Å²) < 4.78 is 0. The standard InChI is InChI=1S/C12H24N4/c1-13-12(16-6-3-4-7-16)14-9-11-5-8-15(2)10-11/h11H,3-10H2,1-2H3,(H,13,14). The molecular formula is C12H24N4. The Hall–Kier alpha value is -0.770. The Kier molecular flexibility index (Phi) is 4.04. The second-order valence-electron chi connectivity index (χ2n) is 5.04. The van der Waals surface area contributed by atoms with Crippen LogP contribution in [0.15, 0.2) is 4.99 Å². The molecule has 2 saturated heterocycles. The van der Waals surface area contributed by atoms with Crippen LogP contribution in [0.3, 0.4) is 0 Å². The second kappa shape index (κ2) is 5.53. The molecule has 1 unspecified atom stereocenters. The zero-order valence-corrected chi connectivity index (χ0v) is 10.6. The van der Waals surface area contributed by atoms with Crippen LogP contribution in [0, 0.1) is 5.92 Å². The topological polar surface area (TPSA) is 30.9 Å². The molecule has 92 valence electrons. The van der Waals surface area contributed by atoms with Gasteiger partial charge in [-0.05, 0) is 38.8 Å². The summed E-state index contributed by atoms with van der Waals surface area (Å²) in [5.74, 6) is 1.90. The number of hydrogen-bond donors (Lipinski definition) is 1. The van der Waals surface area contributed by atoms with Crippen molar-refractivity contribution >= 4 is 5.96 Å². The zero-order valence-electron chi connectivity index (χ0n) is 10.6. The third kappa shape index (κ3) is 2.88. The van der Waals surface area contributed by atoms with E-state index < -0.39 is 0 Å². The van der Waals surface area contributed by atoms with E-state index in [0.29, 0.717) is 0 Å². The highest BCUT2D eigenvalue weighted by Crippen LogP contribution is 2.13. The summed E-state index contributed by atoms with van der Waals surface area (Å²) in [5.41, 5.74) is 0. The molecule has 0 aliphatic carbocycles. The summed E-state index contributed by atoms with van der Waals surface area (Å²) in [4.78, 5) is 9.15. The molecule has 2 fully saturated rings. The van der Waals surface area contributed by atoms with Crippen molar-refractivity contribution in [3.05, 3.63) is 0 Å². The fraction of sp³-hybridized carbons (Fsp3) is 0.917. The van der Waals surface area contributed by atoms with Crippen molar-refractivity contribution in [1.82, 2.24) is 15.1 Å². The molecule has 1 atom stereocenters. The quantitative estimate of drug-likeness (QED) is 0.551. The van der Waals surface area contributed by atoms with E-state index in [-0.39, 0.29) is 0 Å². The number of hydrogen-bond acceptors (Lipinski definition) is 2. The highest BCUT2D eigenvalue weighted by atomic mass is 15.3. The van der Waals surface area contributed by atoms with Gasteiger partial charge in [-0.15, -0.1) is 0 Å². The molecule has 0 amide bonds. The van der Waals surface area contributed by atoms with Crippen LogP contribution in [-0.4, -0.2) is 62.6 Å². The van der Waals surface area contributed by atoms with Crippen LogP contribution in [0.25, 0.3) is 0 Å². The molecule has 0 bridgehead atoms. The molecule has 1 N–H and O–H groups in total. The molecule has 16 heavy (non-hydrogen) atoms. The molecular weight excluding hydrogens is 200 g/mol. The van der Waals surface area contributed by atoms with E-state index in [9.17, 15) is 0 Å². The molecule has 2 aliphatic rings. The summed E-state index contributed by atoms with van der Waals surface area (Å²) in [6, 6.07) is 0. The molecule has 0 saturated carbocycles. The first-order chi connectivity index (χ1) is 7.79. The second-order valence-corrected chi connectivity index (χ2v) is 5.04. The molecule has 0 aromatic heterocycles. The molecule has 2 heterocycles. The van der Waals surface area contributed by atoms with Gasteiger partial charge in [0.05, 0.1) is 0 Å². The van der Waals surface area contributed by atoms with Gasteiger partial charge in [-0.1, -0.05) is 0 Å². The number of nitrogens with one attached hydrogen (secondary N) is 1. The summed E-state index contributed by atoms with van der Waals surface area (Å²) in [6.07, 6.45) is 3.94. The van der Waals surface area contributed by atoms with E-state index in [1.165, 1.54) is 45.4 Å². The first-order valence-corrected chi connectivity index (χ1v) is 6.43. The lowest BCUT2D eigenvalue weighted by Crippen LogP contribution is -2.41. The van der Waals surface area contributed by atoms with E-state index in [0.717, 1.165) is 18.4 Å². The average molecular weight is 224 g/mol. The van der Waals surface area contributed by atoms with Crippen LogP contribution in [-0.2, 0) is 0 Å². The lowest BCUT2D eigenvalue weighted by Gasteiger charge is -2.22. The lowest BCUT2D eigenvalue weighted by molar-refractivity contribution is 0.391. The van der Waals surface area contributed by atoms with Gasteiger partial charge in [0.2, 0.25) is 0 Å². The molecule has 0 aromatic carbocycles. The van der Waals surface area contributed by atoms with Crippen LogP contribution in [0.2, 0.25) is 0 Å². The Bertz CT molecular complexity index is 245. The predicted molar refractivity (Wildman–Crippen MR) is 67.8 cm³/mol.